The first-order chi connectivity index (χ1) is 9.66. The highest BCUT2D eigenvalue weighted by molar-refractivity contribution is 5.77. The van der Waals surface area contributed by atoms with Gasteiger partial charge in [-0.2, -0.15) is 0 Å². The van der Waals surface area contributed by atoms with Crippen molar-refractivity contribution in [1.29, 1.82) is 0 Å². The van der Waals surface area contributed by atoms with Crippen molar-refractivity contribution in [3.63, 3.8) is 0 Å². The Hall–Kier alpha value is -1.39. The van der Waals surface area contributed by atoms with Gasteiger partial charge in [0.25, 0.3) is 0 Å². The number of hydrogen-bond donors (Lipinski definition) is 1. The van der Waals surface area contributed by atoms with Gasteiger partial charge in [-0.15, -0.1) is 0 Å². The van der Waals surface area contributed by atoms with Crippen molar-refractivity contribution in [3.05, 3.63) is 35.4 Å². The SMILES string of the molecule is C[C@@H]1OC(=O)[C@@H]2[C@@H]1N1CCc3ccccc3[C@@H]1C[C@H]2O. The fourth-order valence-electron chi connectivity index (χ4n) is 4.29. The van der Waals surface area contributed by atoms with Gasteiger partial charge >= 0.3 is 5.97 Å². The summed E-state index contributed by atoms with van der Waals surface area (Å²) in [7, 11) is 0. The van der Waals surface area contributed by atoms with E-state index in [1.54, 1.807) is 0 Å². The number of ether oxygens (including phenoxy) is 1. The summed E-state index contributed by atoms with van der Waals surface area (Å²) < 4.78 is 5.37. The highest BCUT2D eigenvalue weighted by Crippen LogP contribution is 2.45. The molecule has 1 N–H and O–H groups in total. The minimum Gasteiger partial charge on any atom is -0.461 e. The van der Waals surface area contributed by atoms with Gasteiger partial charge in [0.05, 0.1) is 12.1 Å². The molecular formula is C16H19NO3. The first-order valence-corrected chi connectivity index (χ1v) is 7.39. The molecule has 3 aliphatic heterocycles. The van der Waals surface area contributed by atoms with Gasteiger partial charge in [-0.25, -0.2) is 0 Å². The van der Waals surface area contributed by atoms with E-state index < -0.39 is 6.10 Å². The molecule has 5 atom stereocenters. The first-order valence-electron chi connectivity index (χ1n) is 7.39. The van der Waals surface area contributed by atoms with Crippen molar-refractivity contribution >= 4 is 5.97 Å². The van der Waals surface area contributed by atoms with E-state index in [1.165, 1.54) is 11.1 Å². The Morgan fingerprint density at radius 3 is 3.00 bits per heavy atom. The minimum atomic E-state index is -0.593. The molecule has 3 heterocycles. The third-order valence-electron chi connectivity index (χ3n) is 5.14. The Kier molecular flexibility index (Phi) is 2.66. The summed E-state index contributed by atoms with van der Waals surface area (Å²) in [6, 6.07) is 8.69. The second-order valence-corrected chi connectivity index (χ2v) is 6.16. The van der Waals surface area contributed by atoms with E-state index in [1.807, 2.05) is 6.92 Å². The number of benzene rings is 1. The Morgan fingerprint density at radius 2 is 2.15 bits per heavy atom. The molecule has 0 spiro atoms. The average molecular weight is 273 g/mol. The van der Waals surface area contributed by atoms with Crippen molar-refractivity contribution in [2.45, 2.75) is 44.1 Å². The summed E-state index contributed by atoms with van der Waals surface area (Å²) in [5, 5.41) is 10.4. The van der Waals surface area contributed by atoms with Crippen molar-refractivity contribution in [2.24, 2.45) is 5.92 Å². The molecule has 1 aromatic rings. The van der Waals surface area contributed by atoms with Crippen LogP contribution in [0.3, 0.4) is 0 Å². The zero-order valence-corrected chi connectivity index (χ0v) is 11.5. The molecule has 4 rings (SSSR count). The van der Waals surface area contributed by atoms with Crippen LogP contribution in [0.25, 0.3) is 0 Å². The Morgan fingerprint density at radius 1 is 1.35 bits per heavy atom. The molecule has 3 aliphatic rings. The molecule has 0 radical (unpaired) electrons. The highest BCUT2D eigenvalue weighted by Gasteiger charge is 2.55. The molecule has 0 unspecified atom stereocenters. The molecule has 4 heteroatoms. The number of carbonyl (C=O) groups excluding carboxylic acids is 1. The summed E-state index contributed by atoms with van der Waals surface area (Å²) in [4.78, 5) is 14.3. The summed E-state index contributed by atoms with van der Waals surface area (Å²) >= 11 is 0. The normalized spacial score (nSPS) is 39.7. The molecular weight excluding hydrogens is 254 g/mol. The molecule has 2 fully saturated rings. The van der Waals surface area contributed by atoms with Gasteiger partial charge in [0.1, 0.15) is 12.0 Å². The van der Waals surface area contributed by atoms with Crippen LogP contribution >= 0.6 is 0 Å². The lowest BCUT2D eigenvalue weighted by Crippen LogP contribution is -2.56. The summed E-state index contributed by atoms with van der Waals surface area (Å²) in [6.07, 6.45) is 0.910. The van der Waals surface area contributed by atoms with E-state index in [0.717, 1.165) is 13.0 Å². The van der Waals surface area contributed by atoms with Crippen molar-refractivity contribution in [2.75, 3.05) is 6.54 Å². The summed E-state index contributed by atoms with van der Waals surface area (Å²) in [5.74, 6) is -0.598. The van der Waals surface area contributed by atoms with Crippen LogP contribution < -0.4 is 0 Å². The van der Waals surface area contributed by atoms with Crippen LogP contribution in [0, 0.1) is 5.92 Å². The van der Waals surface area contributed by atoms with E-state index in [0.29, 0.717) is 6.42 Å². The maximum atomic E-state index is 11.9. The molecule has 2 saturated heterocycles. The molecule has 106 valence electrons. The maximum Gasteiger partial charge on any atom is 0.313 e. The third kappa shape index (κ3) is 1.58. The molecule has 0 amide bonds. The fourth-order valence-corrected chi connectivity index (χ4v) is 4.29. The number of cyclic esters (lactones) is 1. The van der Waals surface area contributed by atoms with E-state index >= 15 is 0 Å². The molecule has 0 saturated carbocycles. The second-order valence-electron chi connectivity index (χ2n) is 6.16. The number of esters is 1. The van der Waals surface area contributed by atoms with Crippen LogP contribution in [0.5, 0.6) is 0 Å². The van der Waals surface area contributed by atoms with Crippen LogP contribution in [-0.2, 0) is 16.0 Å². The largest absolute Gasteiger partial charge is 0.461 e. The number of hydrogen-bond acceptors (Lipinski definition) is 4. The van der Waals surface area contributed by atoms with Crippen LogP contribution in [-0.4, -0.2) is 40.8 Å². The Bertz CT molecular complexity index is 558. The molecule has 1 aromatic carbocycles. The predicted octanol–water partition coefficient (Wildman–Crippen LogP) is 1.28. The zero-order valence-electron chi connectivity index (χ0n) is 11.5. The fraction of sp³-hybridized carbons (Fsp3) is 0.562. The van der Waals surface area contributed by atoms with E-state index in [9.17, 15) is 9.90 Å². The van der Waals surface area contributed by atoms with Crippen molar-refractivity contribution in [1.82, 2.24) is 4.90 Å². The number of rotatable bonds is 0. The zero-order chi connectivity index (χ0) is 13.9. The van der Waals surface area contributed by atoms with Crippen LogP contribution in [0.15, 0.2) is 24.3 Å². The topological polar surface area (TPSA) is 49.8 Å². The minimum absolute atomic E-state index is 0.0182. The summed E-state index contributed by atoms with van der Waals surface area (Å²) in [5.41, 5.74) is 2.68. The van der Waals surface area contributed by atoms with E-state index in [-0.39, 0.29) is 30.1 Å². The monoisotopic (exact) mass is 273 g/mol. The van der Waals surface area contributed by atoms with Gasteiger partial charge in [0, 0.05) is 12.6 Å². The predicted molar refractivity (Wildman–Crippen MR) is 73.0 cm³/mol. The second kappa shape index (κ2) is 4.30. The number of nitrogens with zero attached hydrogens (tertiary/aromatic N) is 1. The number of aliphatic hydroxyl groups excluding tert-OH is 1. The molecule has 20 heavy (non-hydrogen) atoms. The van der Waals surface area contributed by atoms with Crippen molar-refractivity contribution in [3.8, 4) is 0 Å². The number of aliphatic hydroxyl groups is 1. The smallest absolute Gasteiger partial charge is 0.313 e. The van der Waals surface area contributed by atoms with E-state index in [4.69, 9.17) is 4.74 Å². The number of piperidine rings is 1. The number of carbonyl (C=O) groups is 1. The van der Waals surface area contributed by atoms with Gasteiger partial charge in [0.15, 0.2) is 0 Å². The van der Waals surface area contributed by atoms with Crippen molar-refractivity contribution < 1.29 is 14.6 Å². The Balaban J connectivity index is 1.76. The van der Waals surface area contributed by atoms with Gasteiger partial charge in [-0.3, -0.25) is 9.69 Å². The van der Waals surface area contributed by atoms with Crippen LogP contribution in [0.1, 0.15) is 30.5 Å². The molecule has 0 bridgehead atoms. The van der Waals surface area contributed by atoms with E-state index in [2.05, 4.69) is 29.2 Å². The molecule has 0 aliphatic carbocycles. The van der Waals surface area contributed by atoms with Gasteiger partial charge in [-0.05, 0) is 30.9 Å². The molecule has 0 aromatic heterocycles. The number of fused-ring (bicyclic) bond motifs is 5. The first kappa shape index (κ1) is 12.4. The van der Waals surface area contributed by atoms with Gasteiger partial charge in [-0.1, -0.05) is 24.3 Å². The lowest BCUT2D eigenvalue weighted by Gasteiger charge is -2.48. The van der Waals surface area contributed by atoms with Crippen LogP contribution in [0.2, 0.25) is 0 Å². The quantitative estimate of drug-likeness (QED) is 0.724. The third-order valence-corrected chi connectivity index (χ3v) is 5.14. The lowest BCUT2D eigenvalue weighted by atomic mass is 9.77. The highest BCUT2D eigenvalue weighted by atomic mass is 16.6. The van der Waals surface area contributed by atoms with Crippen LogP contribution in [0.4, 0.5) is 0 Å². The average Bonchev–Trinajstić information content (AvgIpc) is 2.75. The maximum absolute atomic E-state index is 11.9. The summed E-state index contributed by atoms with van der Waals surface area (Å²) in [6.45, 7) is 2.88. The molecule has 4 nitrogen and oxygen atoms in total. The lowest BCUT2D eigenvalue weighted by molar-refractivity contribution is -0.147. The standard InChI is InChI=1S/C16H19NO3/c1-9-15-14(16(19)20-9)13(18)8-12-11-5-3-2-4-10(11)6-7-17(12)15/h2-5,9,12-15,18H,6-8H2,1H3/t9-,12-,13+,14-,15+/m0/s1. The van der Waals surface area contributed by atoms with Gasteiger partial charge < -0.3 is 9.84 Å². The van der Waals surface area contributed by atoms with Gasteiger partial charge in [0.2, 0.25) is 0 Å². The Labute approximate surface area is 118 Å².